The van der Waals surface area contributed by atoms with Crippen molar-refractivity contribution >= 4 is 17.8 Å². The van der Waals surface area contributed by atoms with Crippen LogP contribution in [0.1, 0.15) is 11.3 Å². The number of amides is 1. The molecule has 0 radical (unpaired) electrons. The lowest BCUT2D eigenvalue weighted by atomic mass is 10.1. The van der Waals surface area contributed by atoms with Gasteiger partial charge in [-0.2, -0.15) is 10.4 Å². The molecular weight excluding hydrogens is 376 g/mol. The fourth-order valence-electron chi connectivity index (χ4n) is 2.30. The first-order valence-electron chi connectivity index (χ1n) is 8.34. The van der Waals surface area contributed by atoms with Crippen molar-refractivity contribution in [3.8, 4) is 23.1 Å². The van der Waals surface area contributed by atoms with Crippen LogP contribution in [0.4, 0.5) is 5.69 Å². The highest BCUT2D eigenvalue weighted by Gasteiger charge is 2.08. The second-order valence-corrected chi connectivity index (χ2v) is 5.72. The molecule has 9 heteroatoms. The summed E-state index contributed by atoms with van der Waals surface area (Å²) in [4.78, 5) is 22.0. The molecule has 0 saturated heterocycles. The number of hydrogen-bond acceptors (Lipinski definition) is 7. The van der Waals surface area contributed by atoms with E-state index in [0.717, 1.165) is 0 Å². The smallest absolute Gasteiger partial charge is 0.277 e. The molecule has 1 heterocycles. The van der Waals surface area contributed by atoms with E-state index in [0.29, 0.717) is 28.4 Å². The van der Waals surface area contributed by atoms with Crippen LogP contribution >= 0.6 is 0 Å². The molecule has 144 valence electrons. The van der Waals surface area contributed by atoms with Crippen molar-refractivity contribution in [3.63, 3.8) is 0 Å². The quantitative estimate of drug-likeness (QED) is 0.374. The lowest BCUT2D eigenvalue weighted by Gasteiger charge is -2.04. The Hall–Kier alpha value is -4.45. The molecule has 9 nitrogen and oxygen atoms in total. The van der Waals surface area contributed by atoms with E-state index in [2.05, 4.69) is 10.5 Å². The molecule has 3 rings (SSSR count). The van der Waals surface area contributed by atoms with Gasteiger partial charge in [-0.3, -0.25) is 14.9 Å². The van der Waals surface area contributed by atoms with Gasteiger partial charge in [-0.1, -0.05) is 0 Å². The first-order chi connectivity index (χ1) is 14.0. The van der Waals surface area contributed by atoms with Gasteiger partial charge in [-0.15, -0.1) is 0 Å². The van der Waals surface area contributed by atoms with E-state index in [9.17, 15) is 14.9 Å². The topological polar surface area (TPSA) is 131 Å². The highest BCUT2D eigenvalue weighted by molar-refractivity contribution is 5.81. The van der Waals surface area contributed by atoms with Crippen molar-refractivity contribution in [2.45, 2.75) is 0 Å². The number of nitrogens with one attached hydrogen (secondary N) is 1. The fourth-order valence-corrected chi connectivity index (χ4v) is 2.30. The van der Waals surface area contributed by atoms with Gasteiger partial charge in [0.05, 0.1) is 22.8 Å². The number of carbonyl (C=O) groups excluding carboxylic acids is 1. The highest BCUT2D eigenvalue weighted by atomic mass is 16.6. The fraction of sp³-hybridized carbons (Fsp3) is 0.0500. The van der Waals surface area contributed by atoms with Crippen LogP contribution in [0.2, 0.25) is 0 Å². The van der Waals surface area contributed by atoms with Crippen LogP contribution in [0.25, 0.3) is 11.3 Å². The minimum absolute atomic E-state index is 0.00645. The van der Waals surface area contributed by atoms with Crippen LogP contribution in [0.15, 0.2) is 70.2 Å². The molecule has 0 spiro atoms. The van der Waals surface area contributed by atoms with Gasteiger partial charge >= 0.3 is 0 Å². The summed E-state index contributed by atoms with van der Waals surface area (Å²) in [5.41, 5.74) is 3.48. The Bertz CT molecular complexity index is 1080. The normalized spacial score (nSPS) is 10.4. The summed E-state index contributed by atoms with van der Waals surface area (Å²) in [6, 6.07) is 17.6. The molecule has 0 fully saturated rings. The van der Waals surface area contributed by atoms with E-state index in [1.807, 2.05) is 6.07 Å². The second-order valence-electron chi connectivity index (χ2n) is 5.72. The molecular formula is C20H14N4O5. The molecule has 0 aliphatic heterocycles. The molecule has 0 atom stereocenters. The SMILES string of the molecule is N#Cc1ccc(OCC(=O)N/N=C\c2ccc(-c3ccc([N+](=O)[O-])cc3)o2)cc1. The maximum Gasteiger partial charge on any atom is 0.277 e. The second kappa shape index (κ2) is 8.96. The average molecular weight is 390 g/mol. The number of furan rings is 1. The molecule has 0 bridgehead atoms. The molecule has 0 aliphatic carbocycles. The number of rotatable bonds is 7. The molecule has 29 heavy (non-hydrogen) atoms. The van der Waals surface area contributed by atoms with Gasteiger partial charge in [0.25, 0.3) is 11.6 Å². The first-order valence-corrected chi connectivity index (χ1v) is 8.34. The Kier molecular flexibility index (Phi) is 5.97. The third kappa shape index (κ3) is 5.27. The standard InChI is InChI=1S/C20H14N4O5/c21-11-14-1-7-17(8-2-14)28-13-20(25)23-22-12-18-9-10-19(29-18)15-3-5-16(6-4-15)24(26)27/h1-10,12H,13H2,(H,23,25)/b22-12-. The predicted molar refractivity (Wildman–Crippen MR) is 103 cm³/mol. The van der Waals surface area contributed by atoms with E-state index >= 15 is 0 Å². The molecule has 1 aromatic heterocycles. The number of nitriles is 1. The Morgan fingerprint density at radius 1 is 1.17 bits per heavy atom. The third-order valence-corrected chi connectivity index (χ3v) is 3.72. The highest BCUT2D eigenvalue weighted by Crippen LogP contribution is 2.24. The number of carbonyl (C=O) groups is 1. The van der Waals surface area contributed by atoms with Gasteiger partial charge < -0.3 is 9.15 Å². The molecule has 0 aliphatic rings. The van der Waals surface area contributed by atoms with Gasteiger partial charge in [0.15, 0.2) is 6.61 Å². The molecule has 2 aromatic carbocycles. The Morgan fingerprint density at radius 3 is 2.55 bits per heavy atom. The van der Waals surface area contributed by atoms with Crippen LogP contribution in [0, 0.1) is 21.4 Å². The predicted octanol–water partition coefficient (Wildman–Crippen LogP) is 3.26. The van der Waals surface area contributed by atoms with Crippen LogP contribution in [-0.2, 0) is 4.79 Å². The zero-order valence-corrected chi connectivity index (χ0v) is 14.9. The van der Waals surface area contributed by atoms with Gasteiger partial charge in [0, 0.05) is 17.7 Å². The zero-order chi connectivity index (χ0) is 20.6. The molecule has 0 saturated carbocycles. The summed E-state index contributed by atoms with van der Waals surface area (Å²) in [6.45, 7) is -0.241. The maximum atomic E-state index is 11.8. The first kappa shape index (κ1) is 19.3. The summed E-state index contributed by atoms with van der Waals surface area (Å²) in [5.74, 6) is 0.901. The van der Waals surface area contributed by atoms with Gasteiger partial charge in [-0.25, -0.2) is 5.43 Å². The number of nitro benzene ring substituents is 1. The van der Waals surface area contributed by atoms with E-state index in [4.69, 9.17) is 14.4 Å². The third-order valence-electron chi connectivity index (χ3n) is 3.72. The van der Waals surface area contributed by atoms with Crippen molar-refractivity contribution in [2.24, 2.45) is 5.10 Å². The van der Waals surface area contributed by atoms with Gasteiger partial charge in [0.1, 0.15) is 17.3 Å². The van der Waals surface area contributed by atoms with E-state index in [-0.39, 0.29) is 12.3 Å². The number of nitrogens with zero attached hydrogens (tertiary/aromatic N) is 3. The van der Waals surface area contributed by atoms with Crippen molar-refractivity contribution in [2.75, 3.05) is 6.61 Å². The van der Waals surface area contributed by atoms with E-state index in [1.165, 1.54) is 18.3 Å². The van der Waals surface area contributed by atoms with Crippen LogP contribution in [0.3, 0.4) is 0 Å². The van der Waals surface area contributed by atoms with Crippen molar-refractivity contribution in [3.05, 3.63) is 82.1 Å². The number of hydrazone groups is 1. The van der Waals surface area contributed by atoms with Crippen molar-refractivity contribution < 1.29 is 18.9 Å². The summed E-state index contributed by atoms with van der Waals surface area (Å²) in [7, 11) is 0. The molecule has 0 unspecified atom stereocenters. The summed E-state index contributed by atoms with van der Waals surface area (Å²) >= 11 is 0. The largest absolute Gasteiger partial charge is 0.484 e. The molecule has 1 amide bonds. The Labute approximate surface area is 165 Å². The lowest BCUT2D eigenvalue weighted by molar-refractivity contribution is -0.384. The Balaban J connectivity index is 1.50. The van der Waals surface area contributed by atoms with Crippen LogP contribution in [-0.4, -0.2) is 23.7 Å². The minimum Gasteiger partial charge on any atom is -0.484 e. The number of hydrogen-bond donors (Lipinski definition) is 1. The molecule has 3 aromatic rings. The summed E-state index contributed by atoms with van der Waals surface area (Å²) in [6.07, 6.45) is 1.33. The maximum absolute atomic E-state index is 11.8. The summed E-state index contributed by atoms with van der Waals surface area (Å²) < 4.78 is 10.9. The average Bonchev–Trinajstić information content (AvgIpc) is 3.21. The van der Waals surface area contributed by atoms with Crippen LogP contribution < -0.4 is 10.2 Å². The van der Waals surface area contributed by atoms with E-state index < -0.39 is 10.8 Å². The summed E-state index contributed by atoms with van der Waals surface area (Å²) in [5, 5.41) is 23.2. The monoisotopic (exact) mass is 390 g/mol. The van der Waals surface area contributed by atoms with Crippen LogP contribution in [0.5, 0.6) is 5.75 Å². The number of ether oxygens (including phenoxy) is 1. The van der Waals surface area contributed by atoms with Gasteiger partial charge in [0.2, 0.25) is 0 Å². The minimum atomic E-state index is -0.474. The number of benzene rings is 2. The Morgan fingerprint density at radius 2 is 1.90 bits per heavy atom. The van der Waals surface area contributed by atoms with Crippen molar-refractivity contribution in [1.82, 2.24) is 5.43 Å². The van der Waals surface area contributed by atoms with Crippen molar-refractivity contribution in [1.29, 1.82) is 5.26 Å². The number of nitro groups is 1. The lowest BCUT2D eigenvalue weighted by Crippen LogP contribution is -2.24. The molecule has 1 N–H and O–H groups in total. The van der Waals surface area contributed by atoms with Gasteiger partial charge in [-0.05, 0) is 48.5 Å². The van der Waals surface area contributed by atoms with E-state index in [1.54, 1.807) is 48.5 Å². The number of non-ortho nitro benzene ring substituents is 1. The zero-order valence-electron chi connectivity index (χ0n) is 14.9.